The summed E-state index contributed by atoms with van der Waals surface area (Å²) in [5, 5.41) is 121. The van der Waals surface area contributed by atoms with Crippen LogP contribution >= 0.6 is 0 Å². The molecule has 0 radical (unpaired) electrons. The van der Waals surface area contributed by atoms with Crippen LogP contribution in [0.5, 0.6) is 0 Å². The summed E-state index contributed by atoms with van der Waals surface area (Å²) < 4.78 is 63.1. The SMILES string of the molecule is CC(C)=C[C@]12C[C@@](C)(O)[C@@H]3C4CC[C@@H]5[C@](C)(CC[C@@H]6C(C)(C)[C@H](O[C@@H]7OC[C@@H](O)[C@@H](O[C@H]8O[C@H](CO)[C@@H](O)[C@@H](O)[C@H]8O[C@H]8OC[C@@H](O)[C@@H](O)[C@H]8O)[C@H]7O[C@H]7O[C@H](C)[C@H](O)[C@H](O)[C@@H]7O)CC[C@]56C)[C@H]4C[C@@]3(CO1)O2. The highest BCUT2D eigenvalue weighted by molar-refractivity contribution is 5.25. The van der Waals surface area contributed by atoms with Crippen molar-refractivity contribution in [3.8, 4) is 0 Å². The van der Waals surface area contributed by atoms with Crippen LogP contribution in [0.3, 0.4) is 0 Å². The lowest BCUT2D eigenvalue weighted by Gasteiger charge is -2.67. The maximum Gasteiger partial charge on any atom is 0.191 e. The minimum absolute atomic E-state index is 0.0306. The molecule has 0 aromatic carbocycles. The third kappa shape index (κ3) is 9.05. The molecule has 73 heavy (non-hydrogen) atoms. The molecule has 11 N–H and O–H groups in total. The Balaban J connectivity index is 0.911. The lowest BCUT2D eigenvalue weighted by atomic mass is 9.38. The Labute approximate surface area is 426 Å². The van der Waals surface area contributed by atoms with Gasteiger partial charge in [-0.15, -0.1) is 0 Å². The third-order valence-electron chi connectivity index (χ3n) is 20.1. The zero-order valence-electron chi connectivity index (χ0n) is 43.4. The first-order valence-electron chi connectivity index (χ1n) is 26.8. The smallest absolute Gasteiger partial charge is 0.191 e. The Hall–Kier alpha value is -1.10. The van der Waals surface area contributed by atoms with Gasteiger partial charge in [-0.25, -0.2) is 0 Å². The number of hydrogen-bond donors (Lipinski definition) is 11. The van der Waals surface area contributed by atoms with E-state index in [-0.39, 0.29) is 29.3 Å². The van der Waals surface area contributed by atoms with Crippen molar-refractivity contribution in [3.63, 3.8) is 0 Å². The summed E-state index contributed by atoms with van der Waals surface area (Å²) in [5.41, 5.74) is -1.04. The molecule has 10 rings (SSSR count). The Morgan fingerprint density at radius 1 is 0.630 bits per heavy atom. The van der Waals surface area contributed by atoms with E-state index in [4.69, 9.17) is 47.4 Å². The van der Waals surface area contributed by atoms with Crippen LogP contribution in [0.4, 0.5) is 0 Å². The van der Waals surface area contributed by atoms with Crippen LogP contribution < -0.4 is 0 Å². The largest absolute Gasteiger partial charge is 0.394 e. The summed E-state index contributed by atoms with van der Waals surface area (Å²) in [7, 11) is 0. The maximum absolute atomic E-state index is 12.3. The Morgan fingerprint density at radius 3 is 2.00 bits per heavy atom. The van der Waals surface area contributed by atoms with Gasteiger partial charge in [-0.3, -0.25) is 0 Å². The van der Waals surface area contributed by atoms with Gasteiger partial charge >= 0.3 is 0 Å². The van der Waals surface area contributed by atoms with Gasteiger partial charge in [0.1, 0.15) is 85.0 Å². The summed E-state index contributed by atoms with van der Waals surface area (Å²) in [6, 6.07) is 0. The Morgan fingerprint density at radius 2 is 1.29 bits per heavy atom. The van der Waals surface area contributed by atoms with E-state index in [0.29, 0.717) is 37.2 Å². The van der Waals surface area contributed by atoms with Crippen LogP contribution in [-0.4, -0.2) is 216 Å². The topological polar surface area (TPSA) is 315 Å². The van der Waals surface area contributed by atoms with Gasteiger partial charge in [0.25, 0.3) is 0 Å². The molecule has 6 saturated heterocycles. The first-order chi connectivity index (χ1) is 34.2. The van der Waals surface area contributed by atoms with Crippen LogP contribution in [0.1, 0.15) is 107 Å². The first-order valence-corrected chi connectivity index (χ1v) is 26.8. The van der Waals surface area contributed by atoms with Gasteiger partial charge in [-0.05, 0) is 119 Å². The third-order valence-corrected chi connectivity index (χ3v) is 20.1. The second-order valence-electron chi connectivity index (χ2n) is 25.4. The van der Waals surface area contributed by atoms with Gasteiger partial charge in [0.05, 0.1) is 44.2 Å². The first kappa shape index (κ1) is 55.2. The molecular formula is C52H84O21. The van der Waals surface area contributed by atoms with Gasteiger partial charge < -0.3 is 104 Å². The number of fused-ring (bicyclic) bond motifs is 7. The van der Waals surface area contributed by atoms with E-state index >= 15 is 0 Å². The van der Waals surface area contributed by atoms with E-state index in [2.05, 4.69) is 27.7 Å². The van der Waals surface area contributed by atoms with Gasteiger partial charge in [0, 0.05) is 12.3 Å². The highest BCUT2D eigenvalue weighted by atomic mass is 16.8. The van der Waals surface area contributed by atoms with E-state index in [1.165, 1.54) is 6.92 Å². The summed E-state index contributed by atoms with van der Waals surface area (Å²) in [6.45, 7) is 15.8. The van der Waals surface area contributed by atoms with Crippen LogP contribution in [0.2, 0.25) is 0 Å². The second-order valence-corrected chi connectivity index (χ2v) is 25.4. The van der Waals surface area contributed by atoms with Crippen LogP contribution in [0.15, 0.2) is 11.6 Å². The van der Waals surface area contributed by atoms with E-state index in [9.17, 15) is 56.2 Å². The number of aliphatic hydroxyl groups excluding tert-OH is 10. The van der Waals surface area contributed by atoms with E-state index in [0.717, 1.165) is 44.1 Å². The molecule has 21 nitrogen and oxygen atoms in total. The van der Waals surface area contributed by atoms with Crippen molar-refractivity contribution < 1.29 is 104 Å². The van der Waals surface area contributed by atoms with E-state index in [1.807, 2.05) is 26.8 Å². The molecular weight excluding hydrogens is 961 g/mol. The Kier molecular flexibility index (Phi) is 14.8. The van der Waals surface area contributed by atoms with Crippen molar-refractivity contribution >= 4 is 0 Å². The van der Waals surface area contributed by atoms with Gasteiger partial charge in [0.15, 0.2) is 30.9 Å². The number of allylic oxidation sites excluding steroid dienone is 1. The molecule has 0 amide bonds. The van der Waals surface area contributed by atoms with Gasteiger partial charge in [0.2, 0.25) is 0 Å². The standard InChI is InChI=1S/C52H84O21/c1-22(2)15-52-20-50(8,63)42-24-9-10-30-48(6,25(24)16-51(42,73-52)21-66-52)13-11-29-47(4,5)31(12-14-49(29,30)7)69-45-41(72-44-38(62)35(59)32(56)23(3)67-44)39(27(55)19-65-45)70-46-40(36(60)34(58)28(17-53)68-46)71-43-37(61)33(57)26(54)18-64-43/h15,23-46,53-63H,9-14,16-21H2,1-8H3/t23-,24?,25+,26-,27-,28-,29-,30-,31-,32+,33-,34-,35+,36-,37-,38+,39-,40-,41-,42+,43-,44-,45+,46-,48-,49+,50-,51+,52+/m1/s1. The second kappa shape index (κ2) is 19.6. The molecule has 1 unspecified atom stereocenters. The average molecular weight is 1050 g/mol. The molecule has 21 heteroatoms. The minimum atomic E-state index is -1.87. The lowest BCUT2D eigenvalue weighted by Crippen LogP contribution is -2.67. The minimum Gasteiger partial charge on any atom is -0.394 e. The van der Waals surface area contributed by atoms with Gasteiger partial charge in [-0.1, -0.05) is 33.3 Å². The molecule has 418 valence electrons. The van der Waals surface area contributed by atoms with Crippen LogP contribution in [0, 0.1) is 45.8 Å². The number of ether oxygens (including phenoxy) is 10. The molecule has 2 bridgehead atoms. The van der Waals surface area contributed by atoms with Crippen molar-refractivity contribution in [3.05, 3.63) is 11.6 Å². The van der Waals surface area contributed by atoms with Gasteiger partial charge in [-0.2, -0.15) is 0 Å². The summed E-state index contributed by atoms with van der Waals surface area (Å²) in [4.78, 5) is 0. The highest BCUT2D eigenvalue weighted by Crippen LogP contribution is 2.75. The van der Waals surface area contributed by atoms with Crippen molar-refractivity contribution in [1.82, 2.24) is 0 Å². The molecule has 29 atom stereocenters. The van der Waals surface area contributed by atoms with Crippen molar-refractivity contribution in [1.29, 1.82) is 0 Å². The van der Waals surface area contributed by atoms with E-state index in [1.54, 1.807) is 0 Å². The molecule has 0 aromatic heterocycles. The molecule has 4 aliphatic carbocycles. The highest BCUT2D eigenvalue weighted by Gasteiger charge is 2.75. The molecule has 10 fully saturated rings. The summed E-state index contributed by atoms with van der Waals surface area (Å²) in [6.07, 6.45) is -20.5. The molecule has 6 aliphatic heterocycles. The zero-order valence-corrected chi connectivity index (χ0v) is 43.4. The summed E-state index contributed by atoms with van der Waals surface area (Å²) in [5.74, 6) is 0.201. The van der Waals surface area contributed by atoms with Crippen LogP contribution in [-0.2, 0) is 47.4 Å². The van der Waals surface area contributed by atoms with Crippen molar-refractivity contribution in [2.75, 3.05) is 26.4 Å². The number of hydrogen-bond acceptors (Lipinski definition) is 21. The van der Waals surface area contributed by atoms with Crippen LogP contribution in [0.25, 0.3) is 0 Å². The number of aliphatic hydroxyl groups is 11. The van der Waals surface area contributed by atoms with Crippen molar-refractivity contribution in [2.45, 2.75) is 240 Å². The fourth-order valence-electron chi connectivity index (χ4n) is 17.0. The summed E-state index contributed by atoms with van der Waals surface area (Å²) >= 11 is 0. The van der Waals surface area contributed by atoms with Crippen molar-refractivity contribution in [2.24, 2.45) is 45.8 Å². The fraction of sp³-hybridized carbons (Fsp3) is 0.962. The normalized spacial score (nSPS) is 57.5. The molecule has 10 aliphatic rings. The Bertz CT molecular complexity index is 2010. The predicted octanol–water partition coefficient (Wildman–Crippen LogP) is -0.542. The monoisotopic (exact) mass is 1040 g/mol. The molecule has 4 saturated carbocycles. The molecule has 1 spiro atoms. The predicted molar refractivity (Wildman–Crippen MR) is 250 cm³/mol. The quantitative estimate of drug-likeness (QED) is 0.0967. The maximum atomic E-state index is 12.3. The molecule has 6 heterocycles. The average Bonchev–Trinajstić information content (AvgIpc) is 3.83. The number of rotatable bonds is 10. The fourth-order valence-corrected chi connectivity index (χ4v) is 17.0. The molecule has 0 aromatic rings. The van der Waals surface area contributed by atoms with E-state index < -0.39 is 152 Å². The zero-order chi connectivity index (χ0) is 52.7. The lowest BCUT2D eigenvalue weighted by molar-refractivity contribution is -0.398.